The van der Waals surface area contributed by atoms with Gasteiger partial charge in [-0.3, -0.25) is 4.68 Å². The van der Waals surface area contributed by atoms with Crippen molar-refractivity contribution in [3.8, 4) is 0 Å². The molecule has 2 rings (SSSR count). The Hall–Kier alpha value is -1.75. The minimum atomic E-state index is -2.96. The Morgan fingerprint density at radius 1 is 1.25 bits per heavy atom. The van der Waals surface area contributed by atoms with Gasteiger partial charge in [0, 0.05) is 22.9 Å². The molecule has 1 aromatic carbocycles. The first-order valence-electron chi connectivity index (χ1n) is 6.56. The highest BCUT2D eigenvalue weighted by Gasteiger charge is 2.33. The molecule has 2 aromatic rings. The Bertz CT molecular complexity index is 589. The zero-order valence-electron chi connectivity index (χ0n) is 11.9. The molecule has 5 heteroatoms. The van der Waals surface area contributed by atoms with Crippen LogP contribution >= 0.6 is 0 Å². The largest absolute Gasteiger partial charge is 0.324 e. The molecule has 0 saturated heterocycles. The zero-order valence-corrected chi connectivity index (χ0v) is 11.9. The molecule has 0 saturated carbocycles. The van der Waals surface area contributed by atoms with E-state index in [-0.39, 0.29) is 11.6 Å². The van der Waals surface area contributed by atoms with Crippen LogP contribution in [-0.4, -0.2) is 9.78 Å². The summed E-state index contributed by atoms with van der Waals surface area (Å²) in [5, 5.41) is 4.20. The molecule has 1 atom stereocenters. The topological polar surface area (TPSA) is 43.8 Å². The minimum Gasteiger partial charge on any atom is -0.324 e. The van der Waals surface area contributed by atoms with Crippen molar-refractivity contribution in [1.29, 1.82) is 0 Å². The summed E-state index contributed by atoms with van der Waals surface area (Å²) >= 11 is 0. The molecule has 2 N–H and O–H groups in total. The van der Waals surface area contributed by atoms with Crippen molar-refractivity contribution in [1.82, 2.24) is 9.78 Å². The quantitative estimate of drug-likeness (QED) is 0.933. The lowest BCUT2D eigenvalue weighted by Crippen LogP contribution is -2.23. The molecule has 0 aliphatic heterocycles. The molecule has 0 fully saturated rings. The summed E-state index contributed by atoms with van der Waals surface area (Å²) in [6.07, 6.45) is 0. The fourth-order valence-corrected chi connectivity index (χ4v) is 2.49. The smallest absolute Gasteiger partial charge is 0.292 e. The molecular formula is C15H19F2N3. The van der Waals surface area contributed by atoms with Crippen LogP contribution in [0, 0.1) is 13.8 Å². The maximum Gasteiger partial charge on any atom is 0.292 e. The van der Waals surface area contributed by atoms with Gasteiger partial charge in [0.15, 0.2) is 0 Å². The van der Waals surface area contributed by atoms with Crippen molar-refractivity contribution in [2.75, 3.05) is 0 Å². The van der Waals surface area contributed by atoms with E-state index in [2.05, 4.69) is 5.10 Å². The Labute approximate surface area is 117 Å². The standard InChI is InChI=1S/C15H19F2N3/c1-10(18)14-11(2)19-20(12(14)3)9-15(16,17)13-7-5-4-6-8-13/h4-8,10H,9,18H2,1-3H3. The summed E-state index contributed by atoms with van der Waals surface area (Å²) in [6.45, 7) is 4.93. The number of nitrogens with two attached hydrogens (primary N) is 1. The molecule has 0 radical (unpaired) electrons. The lowest BCUT2D eigenvalue weighted by molar-refractivity contribution is -0.0260. The van der Waals surface area contributed by atoms with Gasteiger partial charge in [-0.2, -0.15) is 13.9 Å². The molecule has 1 heterocycles. The fraction of sp³-hybridized carbons (Fsp3) is 0.400. The molecular weight excluding hydrogens is 260 g/mol. The van der Waals surface area contributed by atoms with Crippen LogP contribution in [0.4, 0.5) is 8.78 Å². The highest BCUT2D eigenvalue weighted by atomic mass is 19.3. The van der Waals surface area contributed by atoms with Crippen molar-refractivity contribution in [2.24, 2.45) is 5.73 Å². The van der Waals surface area contributed by atoms with E-state index < -0.39 is 12.5 Å². The van der Waals surface area contributed by atoms with E-state index in [9.17, 15) is 8.78 Å². The van der Waals surface area contributed by atoms with Crippen LogP contribution in [0.15, 0.2) is 30.3 Å². The van der Waals surface area contributed by atoms with Crippen LogP contribution in [0.2, 0.25) is 0 Å². The molecule has 0 aliphatic carbocycles. The van der Waals surface area contributed by atoms with Crippen LogP contribution in [0.25, 0.3) is 0 Å². The predicted octanol–water partition coefficient (Wildman–Crippen LogP) is 3.31. The molecule has 0 aliphatic rings. The zero-order chi connectivity index (χ0) is 14.9. The fourth-order valence-electron chi connectivity index (χ4n) is 2.49. The molecule has 0 amide bonds. The Morgan fingerprint density at radius 3 is 2.35 bits per heavy atom. The van der Waals surface area contributed by atoms with E-state index in [1.807, 2.05) is 6.92 Å². The summed E-state index contributed by atoms with van der Waals surface area (Å²) in [7, 11) is 0. The third-order valence-electron chi connectivity index (χ3n) is 3.44. The van der Waals surface area contributed by atoms with Crippen molar-refractivity contribution in [3.63, 3.8) is 0 Å². The molecule has 0 bridgehead atoms. The van der Waals surface area contributed by atoms with Gasteiger partial charge >= 0.3 is 0 Å². The van der Waals surface area contributed by atoms with E-state index in [1.54, 1.807) is 32.0 Å². The first kappa shape index (κ1) is 14.7. The second kappa shape index (κ2) is 5.32. The van der Waals surface area contributed by atoms with Gasteiger partial charge in [-0.1, -0.05) is 30.3 Å². The number of hydrogen-bond donors (Lipinski definition) is 1. The van der Waals surface area contributed by atoms with Crippen molar-refractivity contribution < 1.29 is 8.78 Å². The molecule has 108 valence electrons. The van der Waals surface area contributed by atoms with Gasteiger partial charge in [0.05, 0.1) is 5.69 Å². The lowest BCUT2D eigenvalue weighted by atomic mass is 10.1. The highest BCUT2D eigenvalue weighted by molar-refractivity contribution is 5.28. The maximum atomic E-state index is 14.3. The van der Waals surface area contributed by atoms with Crippen molar-refractivity contribution in [2.45, 2.75) is 39.3 Å². The van der Waals surface area contributed by atoms with E-state index in [4.69, 9.17) is 5.73 Å². The van der Waals surface area contributed by atoms with Gasteiger partial charge in [-0.05, 0) is 20.8 Å². The van der Waals surface area contributed by atoms with Crippen molar-refractivity contribution in [3.05, 3.63) is 52.8 Å². The number of benzene rings is 1. The Kier molecular flexibility index (Phi) is 3.90. The Morgan fingerprint density at radius 2 is 1.85 bits per heavy atom. The van der Waals surface area contributed by atoms with Gasteiger partial charge in [0.25, 0.3) is 5.92 Å². The van der Waals surface area contributed by atoms with Gasteiger partial charge in [-0.25, -0.2) is 0 Å². The summed E-state index contributed by atoms with van der Waals surface area (Å²) in [5.41, 5.74) is 8.11. The number of hydrogen-bond acceptors (Lipinski definition) is 2. The van der Waals surface area contributed by atoms with E-state index >= 15 is 0 Å². The number of halogens is 2. The predicted molar refractivity (Wildman–Crippen MR) is 74.6 cm³/mol. The minimum absolute atomic E-state index is 0.00472. The number of aromatic nitrogens is 2. The third-order valence-corrected chi connectivity index (χ3v) is 3.44. The van der Waals surface area contributed by atoms with Crippen molar-refractivity contribution >= 4 is 0 Å². The highest BCUT2D eigenvalue weighted by Crippen LogP contribution is 2.31. The van der Waals surface area contributed by atoms with Crippen LogP contribution in [0.3, 0.4) is 0 Å². The van der Waals surface area contributed by atoms with Gasteiger partial charge in [0.2, 0.25) is 0 Å². The maximum absolute atomic E-state index is 14.3. The molecule has 0 spiro atoms. The number of aryl methyl sites for hydroxylation is 1. The monoisotopic (exact) mass is 279 g/mol. The van der Waals surface area contributed by atoms with E-state index in [0.29, 0.717) is 11.4 Å². The third kappa shape index (κ3) is 2.72. The Balaban J connectivity index is 2.33. The number of nitrogens with zero attached hydrogens (tertiary/aromatic N) is 2. The number of rotatable bonds is 4. The second-order valence-corrected chi connectivity index (χ2v) is 5.10. The SMILES string of the molecule is Cc1nn(CC(F)(F)c2ccccc2)c(C)c1C(C)N. The first-order chi connectivity index (χ1) is 9.33. The molecule has 1 unspecified atom stereocenters. The average Bonchev–Trinajstić information content (AvgIpc) is 2.64. The lowest BCUT2D eigenvalue weighted by Gasteiger charge is -2.18. The second-order valence-electron chi connectivity index (χ2n) is 5.10. The van der Waals surface area contributed by atoms with Gasteiger partial charge < -0.3 is 5.73 Å². The summed E-state index contributed by atoms with van der Waals surface area (Å²) in [5.74, 6) is -2.96. The molecule has 20 heavy (non-hydrogen) atoms. The summed E-state index contributed by atoms with van der Waals surface area (Å²) in [6, 6.07) is 7.58. The van der Waals surface area contributed by atoms with Gasteiger partial charge in [-0.15, -0.1) is 0 Å². The van der Waals surface area contributed by atoms with E-state index in [0.717, 1.165) is 5.56 Å². The van der Waals surface area contributed by atoms with E-state index in [1.165, 1.54) is 16.8 Å². The van der Waals surface area contributed by atoms with Crippen LogP contribution in [-0.2, 0) is 12.5 Å². The van der Waals surface area contributed by atoms with Gasteiger partial charge in [0.1, 0.15) is 6.54 Å². The summed E-state index contributed by atoms with van der Waals surface area (Å²) < 4.78 is 29.9. The normalized spacial score (nSPS) is 13.5. The average molecular weight is 279 g/mol. The first-order valence-corrected chi connectivity index (χ1v) is 6.56. The van der Waals surface area contributed by atoms with Crippen LogP contribution < -0.4 is 5.73 Å². The molecule has 1 aromatic heterocycles. The number of alkyl halides is 2. The summed E-state index contributed by atoms with van der Waals surface area (Å²) in [4.78, 5) is 0. The molecule has 3 nitrogen and oxygen atoms in total. The van der Waals surface area contributed by atoms with Crippen LogP contribution in [0.1, 0.15) is 35.5 Å². The van der Waals surface area contributed by atoms with Crippen LogP contribution in [0.5, 0.6) is 0 Å².